The zero-order chi connectivity index (χ0) is 14.2. The molecule has 0 saturated carbocycles. The summed E-state index contributed by atoms with van der Waals surface area (Å²) in [5, 5.41) is 9.29. The highest BCUT2D eigenvalue weighted by atomic mass is 79.9. The van der Waals surface area contributed by atoms with Crippen molar-refractivity contribution in [3.63, 3.8) is 0 Å². The molecule has 5 nitrogen and oxygen atoms in total. The molecule has 0 bridgehead atoms. The van der Waals surface area contributed by atoms with Crippen LogP contribution >= 0.6 is 15.9 Å². The van der Waals surface area contributed by atoms with Crippen LogP contribution in [0.3, 0.4) is 0 Å². The Morgan fingerprint density at radius 2 is 2.21 bits per heavy atom. The zero-order valence-corrected chi connectivity index (χ0v) is 13.0. The SMILES string of the molecule is Cc1c(N)cc(Br)cc1S(=O)(=O)N1CCCC1CO. The number of rotatable bonds is 3. The first-order valence-corrected chi connectivity index (χ1v) is 8.29. The monoisotopic (exact) mass is 348 g/mol. The quantitative estimate of drug-likeness (QED) is 0.810. The molecule has 106 valence electrons. The fourth-order valence-corrected chi connectivity index (χ4v) is 4.97. The molecule has 3 N–H and O–H groups in total. The molecule has 1 unspecified atom stereocenters. The third-order valence-electron chi connectivity index (χ3n) is 3.49. The van der Waals surface area contributed by atoms with Crippen molar-refractivity contribution < 1.29 is 13.5 Å². The Morgan fingerprint density at radius 1 is 1.53 bits per heavy atom. The van der Waals surface area contributed by atoms with Crippen molar-refractivity contribution >= 4 is 31.6 Å². The summed E-state index contributed by atoms with van der Waals surface area (Å²) >= 11 is 3.27. The van der Waals surface area contributed by atoms with Crippen molar-refractivity contribution in [2.45, 2.75) is 30.7 Å². The predicted octanol–water partition coefficient (Wildman–Crippen LogP) is 1.49. The molecule has 1 atom stereocenters. The van der Waals surface area contributed by atoms with Gasteiger partial charge >= 0.3 is 0 Å². The van der Waals surface area contributed by atoms with E-state index in [4.69, 9.17) is 5.73 Å². The Hall–Kier alpha value is -0.630. The first-order chi connectivity index (χ1) is 8.87. The molecular formula is C12H17BrN2O3S. The molecule has 1 heterocycles. The second kappa shape index (κ2) is 5.40. The Bertz CT molecular complexity index is 589. The number of nitrogen functional groups attached to an aromatic ring is 1. The van der Waals surface area contributed by atoms with Gasteiger partial charge < -0.3 is 10.8 Å². The number of hydrogen-bond donors (Lipinski definition) is 2. The molecule has 0 aliphatic carbocycles. The second-order valence-corrected chi connectivity index (χ2v) is 7.49. The number of hydrogen-bond acceptors (Lipinski definition) is 4. The Morgan fingerprint density at radius 3 is 2.84 bits per heavy atom. The number of sulfonamides is 1. The lowest BCUT2D eigenvalue weighted by atomic mass is 10.2. The summed E-state index contributed by atoms with van der Waals surface area (Å²) in [7, 11) is -3.61. The van der Waals surface area contributed by atoms with E-state index in [1.165, 1.54) is 4.31 Å². The van der Waals surface area contributed by atoms with E-state index in [0.717, 1.165) is 6.42 Å². The van der Waals surface area contributed by atoms with Crippen molar-refractivity contribution in [1.82, 2.24) is 4.31 Å². The molecule has 0 aromatic heterocycles. The Kier molecular flexibility index (Phi) is 4.20. The van der Waals surface area contributed by atoms with Crippen LogP contribution in [-0.2, 0) is 10.0 Å². The molecule has 0 radical (unpaired) electrons. The van der Waals surface area contributed by atoms with E-state index in [1.807, 2.05) is 0 Å². The van der Waals surface area contributed by atoms with E-state index in [1.54, 1.807) is 19.1 Å². The van der Waals surface area contributed by atoms with Crippen LogP contribution in [0, 0.1) is 6.92 Å². The van der Waals surface area contributed by atoms with E-state index in [-0.39, 0.29) is 17.5 Å². The molecule has 1 saturated heterocycles. The van der Waals surface area contributed by atoms with Crippen molar-refractivity contribution in [2.75, 3.05) is 18.9 Å². The minimum absolute atomic E-state index is 0.151. The second-order valence-electron chi connectivity index (χ2n) is 4.71. The normalized spacial score (nSPS) is 20.9. The fourth-order valence-electron chi connectivity index (χ4n) is 2.38. The number of anilines is 1. The van der Waals surface area contributed by atoms with Crippen molar-refractivity contribution in [1.29, 1.82) is 0 Å². The van der Waals surface area contributed by atoms with Gasteiger partial charge in [0.05, 0.1) is 11.5 Å². The molecule has 1 aliphatic rings. The molecule has 1 aliphatic heterocycles. The summed E-state index contributed by atoms with van der Waals surface area (Å²) in [6.07, 6.45) is 1.46. The van der Waals surface area contributed by atoms with E-state index in [2.05, 4.69) is 15.9 Å². The van der Waals surface area contributed by atoms with Gasteiger partial charge in [0.15, 0.2) is 0 Å². The maximum Gasteiger partial charge on any atom is 0.243 e. The first-order valence-electron chi connectivity index (χ1n) is 6.06. The fraction of sp³-hybridized carbons (Fsp3) is 0.500. The first kappa shape index (κ1) is 14.8. The van der Waals surface area contributed by atoms with Gasteiger partial charge in [0, 0.05) is 22.7 Å². The van der Waals surface area contributed by atoms with Crippen LogP contribution in [0.4, 0.5) is 5.69 Å². The van der Waals surface area contributed by atoms with Gasteiger partial charge in [-0.15, -0.1) is 0 Å². The number of benzene rings is 1. The third kappa shape index (κ3) is 2.65. The summed E-state index contributed by atoms with van der Waals surface area (Å²) in [5.41, 5.74) is 6.81. The molecule has 19 heavy (non-hydrogen) atoms. The number of nitrogens with zero attached hydrogens (tertiary/aromatic N) is 1. The molecule has 7 heteroatoms. The average molecular weight is 349 g/mol. The molecule has 2 rings (SSSR count). The topological polar surface area (TPSA) is 83.6 Å². The average Bonchev–Trinajstić information content (AvgIpc) is 2.82. The standard InChI is InChI=1S/C12H17BrN2O3S/c1-8-11(14)5-9(13)6-12(8)19(17,18)15-4-2-3-10(15)7-16/h5-6,10,16H,2-4,7,14H2,1H3. The highest BCUT2D eigenvalue weighted by molar-refractivity contribution is 9.10. The van der Waals surface area contributed by atoms with Gasteiger partial charge in [0.2, 0.25) is 10.0 Å². The zero-order valence-electron chi connectivity index (χ0n) is 10.6. The molecule has 1 aromatic rings. The maximum absolute atomic E-state index is 12.7. The molecule has 0 spiro atoms. The highest BCUT2D eigenvalue weighted by Gasteiger charge is 2.36. The minimum Gasteiger partial charge on any atom is -0.398 e. The lowest BCUT2D eigenvalue weighted by Gasteiger charge is -2.23. The van der Waals surface area contributed by atoms with Crippen molar-refractivity contribution in [3.05, 3.63) is 22.2 Å². The van der Waals surface area contributed by atoms with Crippen LogP contribution in [-0.4, -0.2) is 37.0 Å². The van der Waals surface area contributed by atoms with Gasteiger partial charge in [0.1, 0.15) is 0 Å². The van der Waals surface area contributed by atoms with Gasteiger partial charge in [-0.1, -0.05) is 15.9 Å². The summed E-state index contributed by atoms with van der Waals surface area (Å²) in [6.45, 7) is 1.99. The van der Waals surface area contributed by atoms with Crippen molar-refractivity contribution in [3.8, 4) is 0 Å². The van der Waals surface area contributed by atoms with E-state index < -0.39 is 10.0 Å². The largest absolute Gasteiger partial charge is 0.398 e. The summed E-state index contributed by atoms with van der Waals surface area (Å²) in [6, 6.07) is 2.92. The van der Waals surface area contributed by atoms with Gasteiger partial charge in [-0.3, -0.25) is 0 Å². The van der Waals surface area contributed by atoms with E-state index >= 15 is 0 Å². The van der Waals surface area contributed by atoms with Crippen LogP contribution < -0.4 is 5.73 Å². The van der Waals surface area contributed by atoms with Gasteiger partial charge in [-0.2, -0.15) is 4.31 Å². The lowest BCUT2D eigenvalue weighted by molar-refractivity contribution is 0.213. The van der Waals surface area contributed by atoms with Crippen LogP contribution in [0.15, 0.2) is 21.5 Å². The maximum atomic E-state index is 12.7. The number of aliphatic hydroxyl groups excluding tert-OH is 1. The van der Waals surface area contributed by atoms with Crippen LogP contribution in [0.2, 0.25) is 0 Å². The number of nitrogens with two attached hydrogens (primary N) is 1. The third-order valence-corrected chi connectivity index (χ3v) is 6.02. The predicted molar refractivity (Wildman–Crippen MR) is 77.3 cm³/mol. The lowest BCUT2D eigenvalue weighted by Crippen LogP contribution is -2.37. The number of aliphatic hydroxyl groups is 1. The van der Waals surface area contributed by atoms with Crippen LogP contribution in [0.5, 0.6) is 0 Å². The Labute approximate surface area is 121 Å². The van der Waals surface area contributed by atoms with E-state index in [0.29, 0.717) is 28.7 Å². The van der Waals surface area contributed by atoms with Gasteiger partial charge in [-0.25, -0.2) is 8.42 Å². The summed E-state index contributed by atoms with van der Waals surface area (Å²) < 4.78 is 27.3. The van der Waals surface area contributed by atoms with Gasteiger partial charge in [0.25, 0.3) is 0 Å². The van der Waals surface area contributed by atoms with Crippen LogP contribution in [0.25, 0.3) is 0 Å². The summed E-state index contributed by atoms with van der Waals surface area (Å²) in [5.74, 6) is 0. The minimum atomic E-state index is -3.61. The van der Waals surface area contributed by atoms with Crippen LogP contribution in [0.1, 0.15) is 18.4 Å². The van der Waals surface area contributed by atoms with Crippen molar-refractivity contribution in [2.24, 2.45) is 0 Å². The Balaban J connectivity index is 2.51. The summed E-state index contributed by atoms with van der Waals surface area (Å²) in [4.78, 5) is 0.208. The molecule has 0 amide bonds. The smallest absolute Gasteiger partial charge is 0.243 e. The molecule has 1 fully saturated rings. The number of halogens is 1. The highest BCUT2D eigenvalue weighted by Crippen LogP contribution is 2.32. The van der Waals surface area contributed by atoms with E-state index in [9.17, 15) is 13.5 Å². The molecule has 1 aromatic carbocycles. The van der Waals surface area contributed by atoms with Gasteiger partial charge in [-0.05, 0) is 37.5 Å². The molecular weight excluding hydrogens is 332 g/mol.